The molecule has 1 spiro atoms. The van der Waals surface area contributed by atoms with Gasteiger partial charge in [0.25, 0.3) is 0 Å². The van der Waals surface area contributed by atoms with E-state index in [0.717, 1.165) is 24.3 Å². The number of ether oxygens (including phenoxy) is 1. The van der Waals surface area contributed by atoms with Gasteiger partial charge in [-0.1, -0.05) is 18.6 Å². The number of benzene rings is 1. The van der Waals surface area contributed by atoms with Crippen LogP contribution in [0.2, 0.25) is 0 Å². The van der Waals surface area contributed by atoms with Crippen molar-refractivity contribution in [3.05, 3.63) is 42.2 Å². The Labute approximate surface area is 106 Å². The maximum atomic E-state index is 6.38. The smallest absolute Gasteiger partial charge is 0.151 e. The molecule has 3 heteroatoms. The average molecular weight is 240 g/mol. The van der Waals surface area contributed by atoms with E-state index in [1.54, 1.807) is 0 Å². The van der Waals surface area contributed by atoms with Gasteiger partial charge in [-0.2, -0.15) is 5.10 Å². The topological polar surface area (TPSA) is 27.1 Å². The van der Waals surface area contributed by atoms with Gasteiger partial charge in [-0.3, -0.25) is 0 Å². The number of aromatic nitrogens is 2. The van der Waals surface area contributed by atoms with Crippen molar-refractivity contribution >= 4 is 0 Å². The standard InChI is InChI=1S/C15H16N2O/c1-4-9-15(10-5-1)14-8-11-16-17(14)12-6-2-3-7-13(12)18-15/h2-3,6-8,11H,1,4-5,9-10H2. The molecule has 2 aliphatic rings. The highest BCUT2D eigenvalue weighted by molar-refractivity contribution is 5.50. The molecule has 2 aromatic rings. The summed E-state index contributed by atoms with van der Waals surface area (Å²) < 4.78 is 8.44. The fourth-order valence-corrected chi connectivity index (χ4v) is 3.30. The molecule has 2 heterocycles. The van der Waals surface area contributed by atoms with E-state index in [2.05, 4.69) is 28.0 Å². The Bertz CT molecular complexity index is 582. The monoisotopic (exact) mass is 240 g/mol. The Morgan fingerprint density at radius 2 is 1.89 bits per heavy atom. The van der Waals surface area contributed by atoms with Crippen LogP contribution in [0.15, 0.2) is 36.5 Å². The van der Waals surface area contributed by atoms with Crippen molar-refractivity contribution in [2.45, 2.75) is 37.7 Å². The summed E-state index contributed by atoms with van der Waals surface area (Å²) in [4.78, 5) is 0. The van der Waals surface area contributed by atoms with Crippen molar-refractivity contribution < 1.29 is 4.74 Å². The third kappa shape index (κ3) is 1.27. The predicted molar refractivity (Wildman–Crippen MR) is 69.0 cm³/mol. The van der Waals surface area contributed by atoms with Crippen LogP contribution >= 0.6 is 0 Å². The maximum Gasteiger partial charge on any atom is 0.151 e. The molecule has 0 atom stereocenters. The van der Waals surface area contributed by atoms with Crippen molar-refractivity contribution in [1.29, 1.82) is 0 Å². The van der Waals surface area contributed by atoms with E-state index in [1.807, 2.05) is 18.3 Å². The molecule has 92 valence electrons. The molecule has 1 saturated carbocycles. The highest BCUT2D eigenvalue weighted by atomic mass is 16.5. The first-order chi connectivity index (χ1) is 8.89. The summed E-state index contributed by atoms with van der Waals surface area (Å²) in [6, 6.07) is 10.3. The zero-order valence-corrected chi connectivity index (χ0v) is 10.3. The van der Waals surface area contributed by atoms with Crippen LogP contribution in [0, 0.1) is 0 Å². The van der Waals surface area contributed by atoms with Gasteiger partial charge in [0.2, 0.25) is 0 Å². The van der Waals surface area contributed by atoms with Gasteiger partial charge in [-0.05, 0) is 43.9 Å². The minimum Gasteiger partial charge on any atom is -0.479 e. The Kier molecular flexibility index (Phi) is 2.04. The van der Waals surface area contributed by atoms with Crippen molar-refractivity contribution in [3.63, 3.8) is 0 Å². The molecule has 0 bridgehead atoms. The molecule has 1 aromatic heterocycles. The van der Waals surface area contributed by atoms with Gasteiger partial charge in [0.1, 0.15) is 11.4 Å². The number of hydrogen-bond acceptors (Lipinski definition) is 2. The average Bonchev–Trinajstić information content (AvgIpc) is 2.90. The van der Waals surface area contributed by atoms with E-state index in [4.69, 9.17) is 4.74 Å². The molecule has 0 amide bonds. The van der Waals surface area contributed by atoms with Crippen LogP contribution in [0.4, 0.5) is 0 Å². The number of rotatable bonds is 0. The SMILES string of the molecule is c1ccc2c(c1)OC1(CCCCC1)c1ccnn1-2. The first kappa shape index (κ1) is 10.2. The molecule has 0 unspecified atom stereocenters. The summed E-state index contributed by atoms with van der Waals surface area (Å²) in [6.07, 6.45) is 7.90. The molecule has 0 N–H and O–H groups in total. The predicted octanol–water partition coefficient (Wildman–Crippen LogP) is 3.42. The fourth-order valence-electron chi connectivity index (χ4n) is 3.30. The van der Waals surface area contributed by atoms with E-state index >= 15 is 0 Å². The van der Waals surface area contributed by atoms with Gasteiger partial charge in [-0.15, -0.1) is 0 Å². The normalized spacial score (nSPS) is 20.0. The second kappa shape index (κ2) is 3.61. The second-order valence-corrected chi connectivity index (χ2v) is 5.25. The van der Waals surface area contributed by atoms with Crippen molar-refractivity contribution in [3.8, 4) is 11.4 Å². The van der Waals surface area contributed by atoms with Gasteiger partial charge in [0, 0.05) is 6.20 Å². The molecule has 0 radical (unpaired) electrons. The van der Waals surface area contributed by atoms with Crippen molar-refractivity contribution in [2.24, 2.45) is 0 Å². The van der Waals surface area contributed by atoms with Crippen LogP contribution in [0.5, 0.6) is 5.75 Å². The summed E-state index contributed by atoms with van der Waals surface area (Å²) in [5.74, 6) is 0.968. The Hall–Kier alpha value is -1.77. The lowest BCUT2D eigenvalue weighted by atomic mass is 9.81. The second-order valence-electron chi connectivity index (χ2n) is 5.25. The number of fused-ring (bicyclic) bond motifs is 4. The Balaban J connectivity index is 1.92. The number of para-hydroxylation sites is 2. The van der Waals surface area contributed by atoms with E-state index < -0.39 is 0 Å². The van der Waals surface area contributed by atoms with Gasteiger partial charge in [-0.25, -0.2) is 4.68 Å². The van der Waals surface area contributed by atoms with E-state index in [9.17, 15) is 0 Å². The summed E-state index contributed by atoms with van der Waals surface area (Å²) in [5, 5.41) is 4.48. The zero-order valence-electron chi connectivity index (χ0n) is 10.3. The molecule has 1 fully saturated rings. The van der Waals surface area contributed by atoms with Crippen LogP contribution in [0.1, 0.15) is 37.8 Å². The first-order valence-electron chi connectivity index (χ1n) is 6.72. The van der Waals surface area contributed by atoms with Crippen molar-refractivity contribution in [2.75, 3.05) is 0 Å². The lowest BCUT2D eigenvalue weighted by Gasteiger charge is -2.41. The number of nitrogens with zero attached hydrogens (tertiary/aromatic N) is 2. The van der Waals surface area contributed by atoms with Crippen LogP contribution in [-0.4, -0.2) is 9.78 Å². The lowest BCUT2D eigenvalue weighted by Crippen LogP contribution is -2.40. The Morgan fingerprint density at radius 3 is 2.78 bits per heavy atom. The molecular weight excluding hydrogens is 224 g/mol. The first-order valence-corrected chi connectivity index (χ1v) is 6.72. The highest BCUT2D eigenvalue weighted by Crippen LogP contribution is 2.46. The molecule has 1 aliphatic heterocycles. The van der Waals surface area contributed by atoms with Crippen LogP contribution < -0.4 is 4.74 Å². The zero-order chi connectivity index (χ0) is 12.0. The molecular formula is C15H16N2O. The quantitative estimate of drug-likeness (QED) is 0.705. The van der Waals surface area contributed by atoms with E-state index in [1.165, 1.54) is 25.0 Å². The molecule has 0 saturated heterocycles. The maximum absolute atomic E-state index is 6.38. The molecule has 1 aromatic carbocycles. The summed E-state index contributed by atoms with van der Waals surface area (Å²) in [7, 11) is 0. The van der Waals surface area contributed by atoms with E-state index in [0.29, 0.717) is 0 Å². The third-order valence-corrected chi connectivity index (χ3v) is 4.17. The minimum atomic E-state index is -0.136. The van der Waals surface area contributed by atoms with E-state index in [-0.39, 0.29) is 5.60 Å². The summed E-state index contributed by atoms with van der Waals surface area (Å²) >= 11 is 0. The summed E-state index contributed by atoms with van der Waals surface area (Å²) in [5.41, 5.74) is 2.15. The van der Waals surface area contributed by atoms with Gasteiger partial charge in [0.05, 0.1) is 5.69 Å². The third-order valence-electron chi connectivity index (χ3n) is 4.17. The molecule has 4 rings (SSSR count). The minimum absolute atomic E-state index is 0.136. The van der Waals surface area contributed by atoms with Crippen molar-refractivity contribution in [1.82, 2.24) is 9.78 Å². The molecule has 18 heavy (non-hydrogen) atoms. The van der Waals surface area contributed by atoms with Crippen LogP contribution in [0.25, 0.3) is 5.69 Å². The van der Waals surface area contributed by atoms with Crippen LogP contribution in [0.3, 0.4) is 0 Å². The largest absolute Gasteiger partial charge is 0.479 e. The van der Waals surface area contributed by atoms with Gasteiger partial charge >= 0.3 is 0 Å². The lowest BCUT2D eigenvalue weighted by molar-refractivity contribution is 0.0123. The fraction of sp³-hybridized carbons (Fsp3) is 0.400. The molecule has 1 aliphatic carbocycles. The van der Waals surface area contributed by atoms with Gasteiger partial charge < -0.3 is 4.74 Å². The number of hydrogen-bond donors (Lipinski definition) is 0. The molecule has 3 nitrogen and oxygen atoms in total. The van der Waals surface area contributed by atoms with Gasteiger partial charge in [0.15, 0.2) is 5.60 Å². The highest BCUT2D eigenvalue weighted by Gasteiger charge is 2.42. The Morgan fingerprint density at radius 1 is 1.06 bits per heavy atom. The van der Waals surface area contributed by atoms with Crippen LogP contribution in [-0.2, 0) is 5.60 Å². The summed E-state index contributed by atoms with van der Waals surface area (Å²) in [6.45, 7) is 0.